The van der Waals surface area contributed by atoms with E-state index in [0.717, 1.165) is 0 Å². The maximum atomic E-state index is 13.0. The second kappa shape index (κ2) is 14.2. The third kappa shape index (κ3) is 10.4. The van der Waals surface area contributed by atoms with Gasteiger partial charge in [-0.3, -0.25) is 24.0 Å². The average Bonchev–Trinajstić information content (AvgIpc) is 2.80. The van der Waals surface area contributed by atoms with Gasteiger partial charge in [-0.2, -0.15) is 0 Å². The van der Waals surface area contributed by atoms with Crippen molar-refractivity contribution < 1.29 is 49.2 Å². The zero-order valence-corrected chi connectivity index (χ0v) is 19.0. The number of phenolic OH excluding ortho intramolecular Hbond substituents is 1. The molecule has 0 saturated heterocycles. The van der Waals surface area contributed by atoms with Crippen molar-refractivity contribution in [2.75, 3.05) is 6.61 Å². The molecule has 15 nitrogen and oxygen atoms in total. The molecule has 1 aromatic carbocycles. The van der Waals surface area contributed by atoms with Gasteiger partial charge in [0.05, 0.1) is 13.0 Å². The summed E-state index contributed by atoms with van der Waals surface area (Å²) in [5, 5.41) is 43.4. The molecule has 0 fully saturated rings. The summed E-state index contributed by atoms with van der Waals surface area (Å²) in [6, 6.07) is -0.424. The number of aliphatic carboxylic acids is 2. The topological polar surface area (TPSA) is 271 Å². The van der Waals surface area contributed by atoms with Crippen LogP contribution in [-0.4, -0.2) is 86.8 Å². The minimum absolute atomic E-state index is 0.0551. The quantitative estimate of drug-likeness (QED) is 0.112. The molecule has 0 aliphatic heterocycles. The van der Waals surface area contributed by atoms with Gasteiger partial charge in [0.15, 0.2) is 0 Å². The van der Waals surface area contributed by atoms with Crippen LogP contribution in [0, 0.1) is 0 Å². The van der Waals surface area contributed by atoms with Crippen LogP contribution in [-0.2, 0) is 35.2 Å². The number of hydrogen-bond donors (Lipinski definition) is 9. The van der Waals surface area contributed by atoms with Crippen LogP contribution in [0.25, 0.3) is 0 Å². The SMILES string of the molecule is NC(=O)CC(NC(=O)C(CCC(=O)O)NC(=O)C(Cc1ccc(O)cc1)NC(=O)C(N)CO)C(=O)O. The fourth-order valence-corrected chi connectivity index (χ4v) is 2.92. The number of benzene rings is 1. The van der Waals surface area contributed by atoms with Gasteiger partial charge in [-0.05, 0) is 24.1 Å². The average molecular weight is 511 g/mol. The first kappa shape index (κ1) is 29.8. The fourth-order valence-electron chi connectivity index (χ4n) is 2.92. The predicted octanol–water partition coefficient (Wildman–Crippen LogP) is -3.47. The first-order valence-corrected chi connectivity index (χ1v) is 10.6. The smallest absolute Gasteiger partial charge is 0.326 e. The summed E-state index contributed by atoms with van der Waals surface area (Å²) in [6.07, 6.45) is -1.94. The number of hydrogen-bond acceptors (Lipinski definition) is 9. The fraction of sp³-hybridized carbons (Fsp3) is 0.429. The highest BCUT2D eigenvalue weighted by Gasteiger charge is 2.31. The molecule has 0 aliphatic carbocycles. The number of aliphatic hydroxyl groups excluding tert-OH is 1. The lowest BCUT2D eigenvalue weighted by Gasteiger charge is -2.25. The first-order chi connectivity index (χ1) is 16.8. The Hall–Kier alpha value is -4.24. The maximum Gasteiger partial charge on any atom is 0.326 e. The number of aliphatic hydroxyl groups is 1. The van der Waals surface area contributed by atoms with Gasteiger partial charge in [0, 0.05) is 12.8 Å². The molecular formula is C21H29N5O10. The van der Waals surface area contributed by atoms with Gasteiger partial charge in [0.2, 0.25) is 23.6 Å². The van der Waals surface area contributed by atoms with Crippen molar-refractivity contribution in [2.24, 2.45) is 11.5 Å². The van der Waals surface area contributed by atoms with Crippen LogP contribution < -0.4 is 27.4 Å². The van der Waals surface area contributed by atoms with Crippen molar-refractivity contribution in [2.45, 2.75) is 49.9 Å². The largest absolute Gasteiger partial charge is 0.508 e. The van der Waals surface area contributed by atoms with Crippen molar-refractivity contribution in [3.8, 4) is 5.75 Å². The summed E-state index contributed by atoms with van der Waals surface area (Å²) in [4.78, 5) is 71.4. The molecule has 0 heterocycles. The lowest BCUT2D eigenvalue weighted by atomic mass is 10.0. The summed E-state index contributed by atoms with van der Waals surface area (Å²) < 4.78 is 0. The standard InChI is InChI=1S/C21H29N5O10/c22-12(9-27)18(32)25-14(7-10-1-3-11(28)4-2-10)20(34)24-13(5-6-17(30)31)19(33)26-15(21(35)36)8-16(23)29/h1-4,12-15,27-28H,5-9,22H2,(H2,23,29)(H,24,34)(H,25,32)(H,26,33)(H,30,31)(H,35,36). The molecular weight excluding hydrogens is 482 g/mol. The van der Waals surface area contributed by atoms with E-state index in [1.54, 1.807) is 0 Å². The monoisotopic (exact) mass is 511 g/mol. The summed E-state index contributed by atoms with van der Waals surface area (Å²) >= 11 is 0. The third-order valence-corrected chi connectivity index (χ3v) is 4.84. The van der Waals surface area contributed by atoms with Crippen molar-refractivity contribution in [3.05, 3.63) is 29.8 Å². The molecule has 11 N–H and O–H groups in total. The number of carboxylic acid groups (broad SMARTS) is 2. The molecule has 0 spiro atoms. The molecule has 1 rings (SSSR count). The van der Waals surface area contributed by atoms with Crippen molar-refractivity contribution in [1.82, 2.24) is 16.0 Å². The molecule has 4 unspecified atom stereocenters. The van der Waals surface area contributed by atoms with Gasteiger partial charge < -0.3 is 47.8 Å². The second-order valence-corrected chi connectivity index (χ2v) is 7.78. The van der Waals surface area contributed by atoms with Crippen LogP contribution in [0.15, 0.2) is 24.3 Å². The number of carboxylic acids is 2. The summed E-state index contributed by atoms with van der Waals surface area (Å²) in [5.74, 6) is -6.91. The van der Waals surface area contributed by atoms with E-state index >= 15 is 0 Å². The third-order valence-electron chi connectivity index (χ3n) is 4.84. The Morgan fingerprint density at radius 2 is 1.36 bits per heavy atom. The molecule has 4 amide bonds. The van der Waals surface area contributed by atoms with Crippen LogP contribution in [0.4, 0.5) is 0 Å². The Bertz CT molecular complexity index is 968. The van der Waals surface area contributed by atoms with Crippen LogP contribution in [0.2, 0.25) is 0 Å². The number of rotatable bonds is 15. The van der Waals surface area contributed by atoms with E-state index < -0.39 is 85.6 Å². The van der Waals surface area contributed by atoms with Crippen molar-refractivity contribution in [3.63, 3.8) is 0 Å². The number of nitrogens with one attached hydrogen (secondary N) is 3. The van der Waals surface area contributed by atoms with E-state index in [0.29, 0.717) is 5.56 Å². The molecule has 0 aliphatic rings. The van der Waals surface area contributed by atoms with Crippen LogP contribution in [0.3, 0.4) is 0 Å². The van der Waals surface area contributed by atoms with Gasteiger partial charge in [-0.1, -0.05) is 12.1 Å². The van der Waals surface area contributed by atoms with Crippen LogP contribution in [0.5, 0.6) is 5.75 Å². The predicted molar refractivity (Wildman–Crippen MR) is 121 cm³/mol. The van der Waals surface area contributed by atoms with Gasteiger partial charge in [0.25, 0.3) is 0 Å². The highest BCUT2D eigenvalue weighted by atomic mass is 16.4. The number of carbonyl (C=O) groups is 6. The summed E-state index contributed by atoms with van der Waals surface area (Å²) in [5.41, 5.74) is 10.9. The molecule has 36 heavy (non-hydrogen) atoms. The lowest BCUT2D eigenvalue weighted by Crippen LogP contribution is -2.58. The normalized spacial score (nSPS) is 13.9. The van der Waals surface area contributed by atoms with Gasteiger partial charge in [0.1, 0.15) is 29.9 Å². The minimum Gasteiger partial charge on any atom is -0.508 e. The molecule has 0 radical (unpaired) electrons. The zero-order chi connectivity index (χ0) is 27.4. The Balaban J connectivity index is 3.15. The molecule has 198 valence electrons. The molecule has 0 saturated carbocycles. The molecule has 4 atom stereocenters. The van der Waals surface area contributed by atoms with Gasteiger partial charge >= 0.3 is 11.9 Å². The van der Waals surface area contributed by atoms with E-state index in [1.165, 1.54) is 24.3 Å². The van der Waals surface area contributed by atoms with E-state index in [-0.39, 0.29) is 12.2 Å². The Kier molecular flexibility index (Phi) is 11.8. The molecule has 0 bridgehead atoms. The van der Waals surface area contributed by atoms with Gasteiger partial charge in [-0.25, -0.2) is 4.79 Å². The molecule has 1 aromatic rings. The van der Waals surface area contributed by atoms with Crippen LogP contribution in [0.1, 0.15) is 24.8 Å². The van der Waals surface area contributed by atoms with E-state index in [1.807, 2.05) is 5.32 Å². The number of nitrogens with two attached hydrogens (primary N) is 2. The van der Waals surface area contributed by atoms with E-state index in [4.69, 9.17) is 21.7 Å². The summed E-state index contributed by atoms with van der Waals surface area (Å²) in [7, 11) is 0. The second-order valence-electron chi connectivity index (χ2n) is 7.78. The zero-order valence-electron chi connectivity index (χ0n) is 19.0. The maximum absolute atomic E-state index is 13.0. The van der Waals surface area contributed by atoms with Crippen molar-refractivity contribution in [1.29, 1.82) is 0 Å². The van der Waals surface area contributed by atoms with Gasteiger partial charge in [-0.15, -0.1) is 0 Å². The Labute approximate surface area is 204 Å². The highest BCUT2D eigenvalue weighted by molar-refractivity contribution is 5.95. The summed E-state index contributed by atoms with van der Waals surface area (Å²) in [6.45, 7) is -0.723. The number of phenols is 1. The minimum atomic E-state index is -1.73. The van der Waals surface area contributed by atoms with Crippen LogP contribution >= 0.6 is 0 Å². The van der Waals surface area contributed by atoms with Crippen molar-refractivity contribution >= 4 is 35.6 Å². The first-order valence-electron chi connectivity index (χ1n) is 10.6. The number of aromatic hydroxyl groups is 1. The highest BCUT2D eigenvalue weighted by Crippen LogP contribution is 2.12. The number of carbonyl (C=O) groups excluding carboxylic acids is 4. The number of amides is 4. The molecule has 0 aromatic heterocycles. The number of primary amides is 1. The van der Waals surface area contributed by atoms with E-state index in [2.05, 4.69) is 10.6 Å². The lowest BCUT2D eigenvalue weighted by molar-refractivity contribution is -0.144. The Morgan fingerprint density at radius 1 is 0.833 bits per heavy atom. The molecule has 15 heteroatoms. The van der Waals surface area contributed by atoms with E-state index in [9.17, 15) is 39.0 Å². The Morgan fingerprint density at radius 3 is 1.86 bits per heavy atom.